The minimum absolute atomic E-state index is 0.00308. The minimum atomic E-state index is -0.556. The number of nitro groups is 1. The number of nitro benzene ring substituents is 1. The van der Waals surface area contributed by atoms with Crippen LogP contribution in [0.1, 0.15) is 12.0 Å². The van der Waals surface area contributed by atoms with Gasteiger partial charge in [-0.1, -0.05) is 0 Å². The summed E-state index contributed by atoms with van der Waals surface area (Å²) in [5.41, 5.74) is 1.41. The molecule has 29 heavy (non-hydrogen) atoms. The van der Waals surface area contributed by atoms with E-state index in [-0.39, 0.29) is 29.4 Å². The molecule has 1 aliphatic rings. The summed E-state index contributed by atoms with van der Waals surface area (Å²) in [6, 6.07) is 12.2. The van der Waals surface area contributed by atoms with Crippen molar-refractivity contribution in [1.82, 2.24) is 4.90 Å². The van der Waals surface area contributed by atoms with Crippen LogP contribution in [0.25, 0.3) is 0 Å². The molecule has 2 aromatic carbocycles. The number of hydrogen-bond donors (Lipinski definition) is 1. The van der Waals surface area contributed by atoms with Crippen LogP contribution in [0.5, 0.6) is 0 Å². The number of nitrogens with zero attached hydrogens (tertiary/aromatic N) is 4. The Morgan fingerprint density at radius 2 is 1.86 bits per heavy atom. The molecule has 0 aliphatic carbocycles. The van der Waals surface area contributed by atoms with Gasteiger partial charge in [-0.2, -0.15) is 5.26 Å². The molecule has 8 nitrogen and oxygen atoms in total. The Kier molecular flexibility index (Phi) is 6.24. The quantitative estimate of drug-likeness (QED) is 0.594. The molecule has 1 heterocycles. The molecule has 1 fully saturated rings. The first-order valence-electron chi connectivity index (χ1n) is 9.18. The molecule has 0 radical (unpaired) electrons. The van der Waals surface area contributed by atoms with Gasteiger partial charge in [0.25, 0.3) is 5.69 Å². The maximum Gasteiger partial charge on any atom is 0.270 e. The highest BCUT2D eigenvalue weighted by Gasteiger charge is 2.21. The molecule has 0 aromatic heterocycles. The molecule has 0 bridgehead atoms. The third-order valence-electron chi connectivity index (χ3n) is 4.81. The summed E-state index contributed by atoms with van der Waals surface area (Å²) < 4.78 is 13.0. The Morgan fingerprint density at radius 1 is 1.17 bits per heavy atom. The van der Waals surface area contributed by atoms with E-state index in [1.807, 2.05) is 6.07 Å². The zero-order valence-corrected chi connectivity index (χ0v) is 15.7. The van der Waals surface area contributed by atoms with Crippen LogP contribution in [0.4, 0.5) is 21.5 Å². The van der Waals surface area contributed by atoms with Crippen LogP contribution in [-0.4, -0.2) is 48.5 Å². The molecule has 1 N–H and O–H groups in total. The normalized spacial score (nSPS) is 13.7. The van der Waals surface area contributed by atoms with Crippen LogP contribution in [0.3, 0.4) is 0 Å². The first-order chi connectivity index (χ1) is 14.0. The smallest absolute Gasteiger partial charge is 0.270 e. The van der Waals surface area contributed by atoms with Crippen LogP contribution in [0, 0.1) is 27.3 Å². The Balaban J connectivity index is 1.48. The van der Waals surface area contributed by atoms with Gasteiger partial charge in [-0.15, -0.1) is 0 Å². The number of rotatable bonds is 6. The van der Waals surface area contributed by atoms with Crippen LogP contribution < -0.4 is 10.2 Å². The highest BCUT2D eigenvalue weighted by Crippen LogP contribution is 2.21. The summed E-state index contributed by atoms with van der Waals surface area (Å²) in [6.07, 6.45) is 0.248. The van der Waals surface area contributed by atoms with E-state index in [0.29, 0.717) is 38.4 Å². The van der Waals surface area contributed by atoms with Crippen molar-refractivity contribution in [3.05, 3.63) is 64.0 Å². The summed E-state index contributed by atoms with van der Waals surface area (Å²) in [7, 11) is 0. The Morgan fingerprint density at radius 3 is 2.48 bits per heavy atom. The van der Waals surface area contributed by atoms with Gasteiger partial charge in [-0.05, 0) is 30.3 Å². The van der Waals surface area contributed by atoms with E-state index in [0.717, 1.165) is 5.69 Å². The number of piperazine rings is 1. The lowest BCUT2D eigenvalue weighted by Gasteiger charge is -2.36. The molecule has 2 aromatic rings. The third-order valence-corrected chi connectivity index (χ3v) is 4.81. The van der Waals surface area contributed by atoms with Gasteiger partial charge in [0.15, 0.2) is 0 Å². The van der Waals surface area contributed by atoms with Gasteiger partial charge in [-0.3, -0.25) is 14.9 Å². The number of non-ortho nitro benzene ring substituents is 1. The lowest BCUT2D eigenvalue weighted by molar-refractivity contribution is -0.384. The van der Waals surface area contributed by atoms with E-state index < -0.39 is 4.92 Å². The lowest BCUT2D eigenvalue weighted by Crippen LogP contribution is -2.49. The Labute approximate surface area is 167 Å². The van der Waals surface area contributed by atoms with Crippen LogP contribution in [-0.2, 0) is 4.79 Å². The summed E-state index contributed by atoms with van der Waals surface area (Å²) in [5.74, 6) is -0.278. The fraction of sp³-hybridized carbons (Fsp3) is 0.300. The largest absolute Gasteiger partial charge is 0.383 e. The molecule has 3 rings (SSSR count). The first kappa shape index (κ1) is 20.1. The SMILES string of the molecule is N#Cc1cc([N+](=O)[O-])ccc1NCCC(=O)N1CCN(c2ccc(F)cc2)CC1. The average molecular weight is 397 g/mol. The fourth-order valence-electron chi connectivity index (χ4n) is 3.22. The van der Waals surface area contributed by atoms with Gasteiger partial charge >= 0.3 is 0 Å². The maximum atomic E-state index is 13.0. The van der Waals surface area contributed by atoms with Crippen molar-refractivity contribution in [3.8, 4) is 6.07 Å². The molecular weight excluding hydrogens is 377 g/mol. The number of hydrogen-bond acceptors (Lipinski definition) is 6. The number of anilines is 2. The molecule has 0 saturated carbocycles. The lowest BCUT2D eigenvalue weighted by atomic mass is 10.1. The fourth-order valence-corrected chi connectivity index (χ4v) is 3.22. The van der Waals surface area contributed by atoms with E-state index in [4.69, 9.17) is 5.26 Å². The summed E-state index contributed by atoms with van der Waals surface area (Å²) in [6.45, 7) is 2.83. The van der Waals surface area contributed by atoms with Crippen LogP contribution in [0.15, 0.2) is 42.5 Å². The minimum Gasteiger partial charge on any atom is -0.383 e. The van der Waals surface area contributed by atoms with Gasteiger partial charge in [0.05, 0.1) is 16.2 Å². The van der Waals surface area contributed by atoms with Gasteiger partial charge in [0, 0.05) is 57.0 Å². The van der Waals surface area contributed by atoms with Crippen molar-refractivity contribution >= 4 is 23.0 Å². The molecule has 1 aliphatic heterocycles. The van der Waals surface area contributed by atoms with Gasteiger partial charge in [0.2, 0.25) is 5.91 Å². The second-order valence-corrected chi connectivity index (χ2v) is 6.62. The first-order valence-corrected chi connectivity index (χ1v) is 9.18. The number of benzene rings is 2. The van der Waals surface area contributed by atoms with Crippen molar-refractivity contribution in [2.75, 3.05) is 42.9 Å². The zero-order chi connectivity index (χ0) is 20.8. The topological polar surface area (TPSA) is 103 Å². The van der Waals surface area contributed by atoms with Crippen molar-refractivity contribution in [2.24, 2.45) is 0 Å². The number of nitrogens with one attached hydrogen (secondary N) is 1. The summed E-state index contributed by atoms with van der Waals surface area (Å²) in [5, 5.41) is 23.0. The van der Waals surface area contributed by atoms with Crippen molar-refractivity contribution in [1.29, 1.82) is 5.26 Å². The Bertz CT molecular complexity index is 934. The van der Waals surface area contributed by atoms with Gasteiger partial charge in [0.1, 0.15) is 11.9 Å². The molecule has 0 atom stereocenters. The number of amides is 1. The summed E-state index contributed by atoms with van der Waals surface area (Å²) >= 11 is 0. The van der Waals surface area contributed by atoms with Gasteiger partial charge in [-0.25, -0.2) is 4.39 Å². The standard InChI is InChI=1S/C20H20FN5O3/c21-16-1-3-17(4-2-16)24-9-11-25(12-10-24)20(27)7-8-23-19-6-5-18(26(28)29)13-15(19)14-22/h1-6,13,23H,7-12H2. The number of carbonyl (C=O) groups excluding carboxylic acids is 1. The second kappa shape index (κ2) is 9.01. The monoisotopic (exact) mass is 397 g/mol. The molecular formula is C20H20FN5O3. The van der Waals surface area contributed by atoms with Gasteiger partial charge < -0.3 is 15.1 Å². The van der Waals surface area contributed by atoms with E-state index in [2.05, 4.69) is 10.2 Å². The molecule has 1 amide bonds. The predicted octanol–water partition coefficient (Wildman–Crippen LogP) is 2.76. The van der Waals surface area contributed by atoms with Crippen molar-refractivity contribution in [3.63, 3.8) is 0 Å². The van der Waals surface area contributed by atoms with Crippen molar-refractivity contribution in [2.45, 2.75) is 6.42 Å². The van der Waals surface area contributed by atoms with E-state index in [1.54, 1.807) is 17.0 Å². The number of halogens is 1. The highest BCUT2D eigenvalue weighted by molar-refractivity contribution is 5.77. The second-order valence-electron chi connectivity index (χ2n) is 6.62. The number of nitriles is 1. The molecule has 0 spiro atoms. The van der Waals surface area contributed by atoms with E-state index >= 15 is 0 Å². The van der Waals surface area contributed by atoms with Crippen molar-refractivity contribution < 1.29 is 14.1 Å². The third kappa shape index (κ3) is 4.99. The highest BCUT2D eigenvalue weighted by atomic mass is 19.1. The van der Waals surface area contributed by atoms with E-state index in [9.17, 15) is 19.3 Å². The average Bonchev–Trinajstić information content (AvgIpc) is 2.74. The molecule has 0 unspecified atom stereocenters. The zero-order valence-electron chi connectivity index (χ0n) is 15.7. The maximum absolute atomic E-state index is 13.0. The van der Waals surface area contributed by atoms with Crippen LogP contribution in [0.2, 0.25) is 0 Å². The van der Waals surface area contributed by atoms with Crippen LogP contribution >= 0.6 is 0 Å². The molecule has 9 heteroatoms. The molecule has 150 valence electrons. The predicted molar refractivity (Wildman–Crippen MR) is 106 cm³/mol. The summed E-state index contributed by atoms with van der Waals surface area (Å²) in [4.78, 5) is 26.6. The number of carbonyl (C=O) groups is 1. The van der Waals surface area contributed by atoms with E-state index in [1.165, 1.54) is 30.3 Å². The molecule has 1 saturated heterocycles. The Hall–Kier alpha value is -3.67.